The van der Waals surface area contributed by atoms with Gasteiger partial charge in [0.25, 0.3) is 0 Å². The third-order valence-corrected chi connectivity index (χ3v) is 8.61. The molecule has 0 aliphatic rings. The Labute approximate surface area is 290 Å². The highest BCUT2D eigenvalue weighted by Gasteiger charge is 2.16. The molecule has 8 aromatic rings. The highest BCUT2D eigenvalue weighted by molar-refractivity contribution is 5.92. The van der Waals surface area contributed by atoms with Crippen molar-refractivity contribution in [2.45, 2.75) is 26.4 Å². The highest BCUT2D eigenvalue weighted by atomic mass is 16.5. The third-order valence-electron chi connectivity index (χ3n) is 8.61. The molecule has 6 nitrogen and oxygen atoms in total. The Morgan fingerprint density at radius 1 is 0.320 bits per heavy atom. The van der Waals surface area contributed by atoms with Crippen LogP contribution in [0.1, 0.15) is 22.3 Å². The maximum atomic E-state index is 6.34. The molecular weight excluding hydrogens is 620 g/mol. The van der Waals surface area contributed by atoms with Crippen molar-refractivity contribution in [1.82, 2.24) is 9.97 Å². The minimum atomic E-state index is 0.437. The van der Waals surface area contributed by atoms with Crippen molar-refractivity contribution in [3.05, 3.63) is 180 Å². The van der Waals surface area contributed by atoms with Crippen LogP contribution in [0.2, 0.25) is 0 Å². The number of aromatic amines is 2. The van der Waals surface area contributed by atoms with E-state index in [2.05, 4.69) is 70.6 Å². The predicted molar refractivity (Wildman–Crippen MR) is 199 cm³/mol. The molecule has 6 aromatic carbocycles. The van der Waals surface area contributed by atoms with E-state index in [-0.39, 0.29) is 0 Å². The van der Waals surface area contributed by atoms with Gasteiger partial charge in [-0.2, -0.15) is 0 Å². The van der Waals surface area contributed by atoms with E-state index in [1.54, 1.807) is 0 Å². The van der Waals surface area contributed by atoms with Crippen LogP contribution >= 0.6 is 0 Å². The first kappa shape index (κ1) is 30.9. The number of ether oxygens (including phenoxy) is 4. The second kappa shape index (κ2) is 14.4. The maximum absolute atomic E-state index is 6.34. The minimum Gasteiger partial charge on any atom is -0.485 e. The Hall–Kier alpha value is -6.40. The summed E-state index contributed by atoms with van der Waals surface area (Å²) in [4.78, 5) is 7.21. The van der Waals surface area contributed by atoms with E-state index in [0.717, 1.165) is 55.4 Å². The van der Waals surface area contributed by atoms with Crippen LogP contribution in [-0.2, 0) is 26.4 Å². The summed E-state index contributed by atoms with van der Waals surface area (Å²) in [6, 6.07) is 53.0. The monoisotopic (exact) mass is 656 g/mol. The normalized spacial score (nSPS) is 11.1. The molecule has 0 atom stereocenters. The lowest BCUT2D eigenvalue weighted by Crippen LogP contribution is -2.00. The van der Waals surface area contributed by atoms with Crippen molar-refractivity contribution in [3.8, 4) is 34.4 Å². The van der Waals surface area contributed by atoms with Crippen LogP contribution in [0.15, 0.2) is 158 Å². The topological polar surface area (TPSA) is 68.5 Å². The molecule has 0 bridgehead atoms. The molecule has 0 saturated heterocycles. The Bertz CT molecular complexity index is 1990. The Morgan fingerprint density at radius 3 is 0.900 bits per heavy atom. The molecule has 0 unspecified atom stereocenters. The third kappa shape index (κ3) is 7.20. The lowest BCUT2D eigenvalue weighted by molar-refractivity contribution is 0.256. The van der Waals surface area contributed by atoms with Crippen LogP contribution < -0.4 is 18.9 Å². The molecule has 6 heteroatoms. The molecule has 8 rings (SSSR count). The summed E-state index contributed by atoms with van der Waals surface area (Å²) in [5.74, 6) is 2.75. The standard InChI is InChI=1S/C44H36N2O4/c1-5-13-31(14-6-1)27-47-41-23-35-21-39(45-37(35)25-43(41)49-29-33-17-9-3-10-18-33)40-22-36-24-42(48-28-32-15-7-2-8-16-32)44(26-38(36)46-40)50-30-34-19-11-4-12-20-34/h1-26,45-46H,27-30H2. The molecule has 2 N–H and O–H groups in total. The first-order chi connectivity index (χ1) is 24.7. The Morgan fingerprint density at radius 2 is 0.600 bits per heavy atom. The Balaban J connectivity index is 1.10. The molecule has 0 aliphatic heterocycles. The summed E-state index contributed by atoms with van der Waals surface area (Å²) in [6.07, 6.45) is 0. The van der Waals surface area contributed by atoms with Crippen LogP contribution in [-0.4, -0.2) is 9.97 Å². The van der Waals surface area contributed by atoms with E-state index in [4.69, 9.17) is 18.9 Å². The smallest absolute Gasteiger partial charge is 0.163 e. The molecule has 50 heavy (non-hydrogen) atoms. The van der Waals surface area contributed by atoms with Crippen molar-refractivity contribution in [3.63, 3.8) is 0 Å². The second-order valence-corrected chi connectivity index (χ2v) is 12.2. The minimum absolute atomic E-state index is 0.437. The number of rotatable bonds is 13. The SMILES string of the molecule is c1ccc(COc2cc3cc(-c4cc5cc(OCc6ccccc6)c(OCc6ccccc6)cc5[nH]4)[nH]c3cc2OCc2ccccc2)cc1. The van der Waals surface area contributed by atoms with E-state index >= 15 is 0 Å². The van der Waals surface area contributed by atoms with Crippen molar-refractivity contribution in [2.24, 2.45) is 0 Å². The van der Waals surface area contributed by atoms with Crippen LogP contribution in [0, 0.1) is 0 Å². The van der Waals surface area contributed by atoms with E-state index in [1.165, 1.54) is 0 Å². The van der Waals surface area contributed by atoms with E-state index in [1.807, 2.05) is 97.1 Å². The molecular formula is C44H36N2O4. The molecule has 0 aliphatic carbocycles. The molecule has 0 saturated carbocycles. The van der Waals surface area contributed by atoms with Crippen LogP contribution in [0.25, 0.3) is 33.2 Å². The van der Waals surface area contributed by atoms with Gasteiger partial charge in [-0.05, 0) is 46.5 Å². The summed E-state index contributed by atoms with van der Waals surface area (Å²) in [6.45, 7) is 1.76. The van der Waals surface area contributed by atoms with E-state index in [9.17, 15) is 0 Å². The van der Waals surface area contributed by atoms with Gasteiger partial charge in [0.05, 0.1) is 11.4 Å². The van der Waals surface area contributed by atoms with Gasteiger partial charge in [0.15, 0.2) is 23.0 Å². The largest absolute Gasteiger partial charge is 0.485 e. The number of fused-ring (bicyclic) bond motifs is 2. The zero-order valence-electron chi connectivity index (χ0n) is 27.5. The fraction of sp³-hybridized carbons (Fsp3) is 0.0909. The average molecular weight is 657 g/mol. The van der Waals surface area contributed by atoms with Gasteiger partial charge in [-0.25, -0.2) is 0 Å². The first-order valence-corrected chi connectivity index (χ1v) is 16.7. The predicted octanol–water partition coefficient (Wildman–Crippen LogP) is 10.6. The van der Waals surface area contributed by atoms with Gasteiger partial charge < -0.3 is 28.9 Å². The number of H-pyrrole nitrogens is 2. The van der Waals surface area contributed by atoms with Crippen LogP contribution in [0.3, 0.4) is 0 Å². The van der Waals surface area contributed by atoms with Gasteiger partial charge in [0, 0.05) is 33.9 Å². The van der Waals surface area contributed by atoms with Gasteiger partial charge in [0.2, 0.25) is 0 Å². The molecule has 2 heterocycles. The van der Waals surface area contributed by atoms with Gasteiger partial charge in [-0.3, -0.25) is 0 Å². The molecule has 0 amide bonds. The second-order valence-electron chi connectivity index (χ2n) is 12.2. The maximum Gasteiger partial charge on any atom is 0.163 e. The summed E-state index contributed by atoms with van der Waals surface area (Å²) >= 11 is 0. The van der Waals surface area contributed by atoms with Crippen LogP contribution in [0.5, 0.6) is 23.0 Å². The van der Waals surface area contributed by atoms with E-state index < -0.39 is 0 Å². The van der Waals surface area contributed by atoms with Gasteiger partial charge in [-0.1, -0.05) is 121 Å². The summed E-state index contributed by atoms with van der Waals surface area (Å²) in [5.41, 5.74) is 8.16. The fourth-order valence-electron chi connectivity index (χ4n) is 5.96. The van der Waals surface area contributed by atoms with Crippen molar-refractivity contribution < 1.29 is 18.9 Å². The number of nitrogens with one attached hydrogen (secondary N) is 2. The highest BCUT2D eigenvalue weighted by Crippen LogP contribution is 2.38. The van der Waals surface area contributed by atoms with E-state index in [0.29, 0.717) is 49.4 Å². The molecule has 0 spiro atoms. The average Bonchev–Trinajstić information content (AvgIpc) is 3.79. The Kier molecular flexibility index (Phi) is 8.89. The first-order valence-electron chi connectivity index (χ1n) is 16.7. The van der Waals surface area contributed by atoms with Crippen molar-refractivity contribution in [1.29, 1.82) is 0 Å². The molecule has 2 aromatic heterocycles. The van der Waals surface area contributed by atoms with Crippen molar-refractivity contribution >= 4 is 21.8 Å². The van der Waals surface area contributed by atoms with Crippen molar-refractivity contribution in [2.75, 3.05) is 0 Å². The van der Waals surface area contributed by atoms with Gasteiger partial charge in [0.1, 0.15) is 26.4 Å². The number of aromatic nitrogens is 2. The number of hydrogen-bond donors (Lipinski definition) is 2. The van der Waals surface area contributed by atoms with Gasteiger partial charge >= 0.3 is 0 Å². The molecule has 0 radical (unpaired) electrons. The summed E-state index contributed by atoms with van der Waals surface area (Å²) in [7, 11) is 0. The summed E-state index contributed by atoms with van der Waals surface area (Å²) < 4.78 is 25.4. The van der Waals surface area contributed by atoms with Crippen LogP contribution in [0.4, 0.5) is 0 Å². The van der Waals surface area contributed by atoms with Gasteiger partial charge in [-0.15, -0.1) is 0 Å². The lowest BCUT2D eigenvalue weighted by Gasteiger charge is -2.13. The zero-order chi connectivity index (χ0) is 33.5. The number of benzene rings is 6. The fourth-order valence-corrected chi connectivity index (χ4v) is 5.96. The lowest BCUT2D eigenvalue weighted by atomic mass is 10.2. The molecule has 0 fully saturated rings. The zero-order valence-corrected chi connectivity index (χ0v) is 27.5. The molecule has 246 valence electrons. The quantitative estimate of drug-likeness (QED) is 0.130. The summed E-state index contributed by atoms with van der Waals surface area (Å²) in [5, 5.41) is 2.04. The number of hydrogen-bond acceptors (Lipinski definition) is 4.